The van der Waals surface area contributed by atoms with Crippen LogP contribution in [0.1, 0.15) is 31.9 Å². The minimum absolute atomic E-state index is 0.0235. The molecule has 0 spiro atoms. The molecular weight excluding hydrogens is 224 g/mol. The molecule has 2 aromatic rings. The number of rotatable bonds is 1. The number of aromatic hydroxyl groups is 1. The molecule has 0 bridgehead atoms. The van der Waals surface area contributed by atoms with Gasteiger partial charge in [0.25, 0.3) is 0 Å². The number of phenols is 1. The van der Waals surface area contributed by atoms with Gasteiger partial charge in [-0.2, -0.15) is 0 Å². The Morgan fingerprint density at radius 2 is 1.78 bits per heavy atom. The second-order valence-electron chi connectivity index (χ2n) is 5.73. The van der Waals surface area contributed by atoms with Crippen molar-refractivity contribution < 1.29 is 9.84 Å². The van der Waals surface area contributed by atoms with E-state index in [1.165, 1.54) is 5.56 Å². The number of ether oxygens (including phenoxy) is 1. The van der Waals surface area contributed by atoms with Crippen LogP contribution in [0.25, 0.3) is 10.8 Å². The summed E-state index contributed by atoms with van der Waals surface area (Å²) in [6.45, 7) is 8.44. The van der Waals surface area contributed by atoms with Gasteiger partial charge in [0, 0.05) is 5.39 Å². The first-order valence-electron chi connectivity index (χ1n) is 6.15. The molecule has 0 heterocycles. The number of phenolic OH excluding ortho intramolecular Hbond substituents is 1. The summed E-state index contributed by atoms with van der Waals surface area (Å²) in [5.74, 6) is 1.12. The number of hydrogen-bond acceptors (Lipinski definition) is 2. The molecule has 0 atom stereocenters. The first-order chi connectivity index (χ1) is 8.34. The van der Waals surface area contributed by atoms with Gasteiger partial charge in [-0.25, -0.2) is 0 Å². The molecule has 1 N–H and O–H groups in total. The Labute approximate surface area is 108 Å². The molecule has 0 aromatic heterocycles. The molecule has 18 heavy (non-hydrogen) atoms. The summed E-state index contributed by atoms with van der Waals surface area (Å²) >= 11 is 0. The second-order valence-corrected chi connectivity index (χ2v) is 5.73. The predicted octanol–water partition coefficient (Wildman–Crippen LogP) is 4.16. The van der Waals surface area contributed by atoms with Crippen molar-refractivity contribution in [2.24, 2.45) is 0 Å². The monoisotopic (exact) mass is 244 g/mol. The third-order valence-electron chi connectivity index (χ3n) is 3.38. The Kier molecular flexibility index (Phi) is 2.97. The van der Waals surface area contributed by atoms with E-state index >= 15 is 0 Å². The molecule has 2 rings (SSSR count). The molecule has 0 saturated carbocycles. The van der Waals surface area contributed by atoms with Gasteiger partial charge in [0.05, 0.1) is 7.11 Å². The quantitative estimate of drug-likeness (QED) is 0.816. The first-order valence-corrected chi connectivity index (χ1v) is 6.15. The van der Waals surface area contributed by atoms with E-state index in [9.17, 15) is 5.11 Å². The van der Waals surface area contributed by atoms with Crippen LogP contribution in [0.3, 0.4) is 0 Å². The minimum Gasteiger partial charge on any atom is -0.507 e. The zero-order chi connectivity index (χ0) is 13.5. The van der Waals surface area contributed by atoms with Crippen molar-refractivity contribution in [1.29, 1.82) is 0 Å². The molecule has 2 aromatic carbocycles. The third kappa shape index (κ3) is 2.03. The Hall–Kier alpha value is -1.70. The summed E-state index contributed by atoms with van der Waals surface area (Å²) in [6.07, 6.45) is 0. The zero-order valence-corrected chi connectivity index (χ0v) is 11.7. The number of methoxy groups -OCH3 is 1. The summed E-state index contributed by atoms with van der Waals surface area (Å²) in [5.41, 5.74) is 2.15. The molecule has 0 saturated heterocycles. The van der Waals surface area contributed by atoms with Gasteiger partial charge in [-0.1, -0.05) is 32.9 Å². The van der Waals surface area contributed by atoms with E-state index in [0.717, 1.165) is 22.1 Å². The highest BCUT2D eigenvalue weighted by molar-refractivity contribution is 5.91. The fraction of sp³-hybridized carbons (Fsp3) is 0.375. The molecule has 2 nitrogen and oxygen atoms in total. The molecule has 0 unspecified atom stereocenters. The second kappa shape index (κ2) is 4.20. The molecule has 0 aliphatic heterocycles. The van der Waals surface area contributed by atoms with Gasteiger partial charge in [-0.3, -0.25) is 0 Å². The minimum atomic E-state index is 0.0235. The van der Waals surface area contributed by atoms with Crippen molar-refractivity contribution in [1.82, 2.24) is 0 Å². The third-order valence-corrected chi connectivity index (χ3v) is 3.38. The largest absolute Gasteiger partial charge is 0.507 e. The van der Waals surface area contributed by atoms with E-state index in [1.807, 2.05) is 25.1 Å². The van der Waals surface area contributed by atoms with Crippen molar-refractivity contribution >= 4 is 10.8 Å². The summed E-state index contributed by atoms with van der Waals surface area (Å²) in [7, 11) is 1.63. The Bertz CT molecular complexity index is 592. The highest BCUT2D eigenvalue weighted by atomic mass is 16.5. The van der Waals surface area contributed by atoms with Crippen molar-refractivity contribution in [3.8, 4) is 11.5 Å². The number of benzene rings is 2. The van der Waals surface area contributed by atoms with E-state index in [1.54, 1.807) is 7.11 Å². The molecule has 2 heteroatoms. The van der Waals surface area contributed by atoms with Crippen LogP contribution in [0.4, 0.5) is 0 Å². The van der Waals surface area contributed by atoms with Crippen LogP contribution in [-0.4, -0.2) is 12.2 Å². The smallest absolute Gasteiger partial charge is 0.126 e. The lowest BCUT2D eigenvalue weighted by Crippen LogP contribution is -2.13. The molecule has 96 valence electrons. The van der Waals surface area contributed by atoms with E-state index in [-0.39, 0.29) is 5.41 Å². The highest BCUT2D eigenvalue weighted by Gasteiger charge is 2.20. The number of fused-ring (bicyclic) bond motifs is 1. The highest BCUT2D eigenvalue weighted by Crippen LogP contribution is 2.38. The van der Waals surface area contributed by atoms with Crippen LogP contribution in [0.2, 0.25) is 0 Å². The normalized spacial score (nSPS) is 11.8. The van der Waals surface area contributed by atoms with Crippen LogP contribution in [0.15, 0.2) is 24.3 Å². The lowest BCUT2D eigenvalue weighted by molar-refractivity contribution is 0.415. The van der Waals surface area contributed by atoms with Crippen molar-refractivity contribution in [3.63, 3.8) is 0 Å². The molecule has 0 radical (unpaired) electrons. The van der Waals surface area contributed by atoms with Crippen molar-refractivity contribution in [2.45, 2.75) is 33.1 Å². The Morgan fingerprint density at radius 3 is 2.33 bits per heavy atom. The molecular formula is C16H20O2. The Morgan fingerprint density at radius 1 is 1.11 bits per heavy atom. The van der Waals surface area contributed by atoms with Crippen LogP contribution in [0.5, 0.6) is 11.5 Å². The summed E-state index contributed by atoms with van der Waals surface area (Å²) in [6, 6.07) is 7.94. The topological polar surface area (TPSA) is 29.5 Å². The van der Waals surface area contributed by atoms with Crippen LogP contribution in [-0.2, 0) is 5.41 Å². The van der Waals surface area contributed by atoms with Crippen molar-refractivity contribution in [2.75, 3.05) is 7.11 Å². The summed E-state index contributed by atoms with van der Waals surface area (Å²) in [4.78, 5) is 0. The van der Waals surface area contributed by atoms with Crippen LogP contribution in [0, 0.1) is 6.92 Å². The maximum absolute atomic E-state index is 10.4. The molecule has 0 fully saturated rings. The maximum Gasteiger partial charge on any atom is 0.126 e. The van der Waals surface area contributed by atoms with Gasteiger partial charge < -0.3 is 9.84 Å². The summed E-state index contributed by atoms with van der Waals surface area (Å²) in [5, 5.41) is 12.3. The fourth-order valence-corrected chi connectivity index (χ4v) is 2.37. The van der Waals surface area contributed by atoms with E-state index < -0.39 is 0 Å². The number of hydrogen-bond donors (Lipinski definition) is 1. The molecule has 0 aliphatic rings. The lowest BCUT2D eigenvalue weighted by atomic mass is 9.82. The van der Waals surface area contributed by atoms with Crippen LogP contribution < -0.4 is 4.74 Å². The zero-order valence-electron chi connectivity index (χ0n) is 11.7. The average Bonchev–Trinajstić information content (AvgIpc) is 2.32. The molecule has 0 amide bonds. The average molecular weight is 244 g/mol. The SMILES string of the molecule is COc1ccc2cc(C(C)(C)C)c(C)c(O)c2c1. The molecule has 0 aliphatic carbocycles. The Balaban J connectivity index is 2.79. The summed E-state index contributed by atoms with van der Waals surface area (Å²) < 4.78 is 5.20. The van der Waals surface area contributed by atoms with E-state index in [4.69, 9.17) is 4.74 Å². The van der Waals surface area contributed by atoms with E-state index in [2.05, 4.69) is 26.8 Å². The van der Waals surface area contributed by atoms with Gasteiger partial charge >= 0.3 is 0 Å². The van der Waals surface area contributed by atoms with E-state index in [0.29, 0.717) is 5.75 Å². The van der Waals surface area contributed by atoms with Gasteiger partial charge in [0.1, 0.15) is 11.5 Å². The predicted molar refractivity (Wildman–Crippen MR) is 75.6 cm³/mol. The van der Waals surface area contributed by atoms with Gasteiger partial charge in [0.2, 0.25) is 0 Å². The fourth-order valence-electron chi connectivity index (χ4n) is 2.37. The maximum atomic E-state index is 10.4. The van der Waals surface area contributed by atoms with Crippen LogP contribution >= 0.6 is 0 Å². The van der Waals surface area contributed by atoms with Gasteiger partial charge in [-0.15, -0.1) is 0 Å². The van der Waals surface area contributed by atoms with Gasteiger partial charge in [0.15, 0.2) is 0 Å². The van der Waals surface area contributed by atoms with Crippen molar-refractivity contribution in [3.05, 3.63) is 35.4 Å². The lowest BCUT2D eigenvalue weighted by Gasteiger charge is -2.23. The van der Waals surface area contributed by atoms with Gasteiger partial charge in [-0.05, 0) is 41.0 Å². The standard InChI is InChI=1S/C16H20O2/c1-10-14(16(2,3)4)8-11-6-7-12(18-5)9-13(11)15(10)17/h6-9,17H,1-5H3. The first kappa shape index (κ1) is 12.7.